The Morgan fingerprint density at radius 3 is 2.68 bits per heavy atom. The van der Waals surface area contributed by atoms with Crippen molar-refractivity contribution in [1.82, 2.24) is 0 Å². The normalized spacial score (nSPS) is 13.7. The Morgan fingerprint density at radius 1 is 1.58 bits per heavy atom. The number of nitrogens with two attached hydrogens (primary N) is 1. The maximum Gasteiger partial charge on any atom is 0.256 e. The predicted octanol–water partition coefficient (Wildman–Crippen LogP) is 2.73. The van der Waals surface area contributed by atoms with E-state index in [4.69, 9.17) is 34.3 Å². The maximum atomic E-state index is 12.2. The highest BCUT2D eigenvalue weighted by Crippen LogP contribution is 2.25. The molecule has 0 bridgehead atoms. The van der Waals surface area contributed by atoms with Crippen LogP contribution in [0, 0.1) is 0 Å². The van der Waals surface area contributed by atoms with Gasteiger partial charge in [-0.3, -0.25) is 4.79 Å². The fourth-order valence-electron chi connectivity index (χ4n) is 1.43. The van der Waals surface area contributed by atoms with E-state index < -0.39 is 5.60 Å². The highest BCUT2D eigenvalue weighted by molar-refractivity contribution is 7.80. The molecule has 0 aliphatic carbocycles. The predicted molar refractivity (Wildman–Crippen MR) is 81.7 cm³/mol. The standard InChI is InChI=1S/C13H17ClN2O2S/c1-4-13(2,18-3)12(17)16-10-7-8(11(15)19)5-6-9(10)14/h5-7H,4H2,1-3H3,(H2,15,19)(H,16,17). The zero-order valence-electron chi connectivity index (χ0n) is 11.1. The Kier molecular flexibility index (Phi) is 5.29. The Balaban J connectivity index is 3.02. The van der Waals surface area contributed by atoms with Gasteiger partial charge >= 0.3 is 0 Å². The molecule has 6 heteroatoms. The number of halogens is 1. The van der Waals surface area contributed by atoms with Gasteiger partial charge < -0.3 is 15.8 Å². The highest BCUT2D eigenvalue weighted by Gasteiger charge is 2.31. The molecular formula is C13H17ClN2O2S. The SMILES string of the molecule is CCC(C)(OC)C(=O)Nc1cc(C(N)=S)ccc1Cl. The van der Waals surface area contributed by atoms with E-state index >= 15 is 0 Å². The molecule has 0 aromatic heterocycles. The summed E-state index contributed by atoms with van der Waals surface area (Å²) in [4.78, 5) is 12.4. The molecule has 0 aliphatic heterocycles. The number of carbonyl (C=O) groups excluding carboxylic acids is 1. The molecule has 0 aliphatic rings. The summed E-state index contributed by atoms with van der Waals surface area (Å²) in [6, 6.07) is 4.99. The van der Waals surface area contributed by atoms with Gasteiger partial charge in [0.25, 0.3) is 5.91 Å². The van der Waals surface area contributed by atoms with E-state index in [1.807, 2.05) is 6.92 Å². The molecular weight excluding hydrogens is 284 g/mol. The van der Waals surface area contributed by atoms with E-state index in [0.29, 0.717) is 22.7 Å². The molecule has 0 fully saturated rings. The first kappa shape index (κ1) is 15.9. The summed E-state index contributed by atoms with van der Waals surface area (Å²) in [5, 5.41) is 3.16. The van der Waals surface area contributed by atoms with Crippen molar-refractivity contribution in [3.05, 3.63) is 28.8 Å². The second kappa shape index (κ2) is 6.32. The number of thiocarbonyl (C=S) groups is 1. The van der Waals surface area contributed by atoms with Gasteiger partial charge in [-0.05, 0) is 25.5 Å². The average Bonchev–Trinajstić information content (AvgIpc) is 2.39. The van der Waals surface area contributed by atoms with Crippen molar-refractivity contribution in [3.63, 3.8) is 0 Å². The largest absolute Gasteiger partial charge is 0.389 e. The van der Waals surface area contributed by atoms with Crippen LogP contribution >= 0.6 is 23.8 Å². The average molecular weight is 301 g/mol. The summed E-state index contributed by atoms with van der Waals surface area (Å²) in [6.07, 6.45) is 0.544. The number of hydrogen-bond acceptors (Lipinski definition) is 3. The minimum atomic E-state index is -0.900. The van der Waals surface area contributed by atoms with Crippen molar-refractivity contribution in [1.29, 1.82) is 0 Å². The lowest BCUT2D eigenvalue weighted by molar-refractivity contribution is -0.136. The molecule has 1 aromatic rings. The number of hydrogen-bond donors (Lipinski definition) is 2. The first-order valence-corrected chi connectivity index (χ1v) is 6.58. The number of carbonyl (C=O) groups is 1. The van der Waals surface area contributed by atoms with Crippen molar-refractivity contribution in [3.8, 4) is 0 Å². The fraction of sp³-hybridized carbons (Fsp3) is 0.385. The van der Waals surface area contributed by atoms with Crippen molar-refractivity contribution in [2.45, 2.75) is 25.9 Å². The summed E-state index contributed by atoms with van der Waals surface area (Å²) < 4.78 is 5.23. The van der Waals surface area contributed by atoms with E-state index in [1.54, 1.807) is 25.1 Å². The monoisotopic (exact) mass is 300 g/mol. The Morgan fingerprint density at radius 2 is 2.21 bits per heavy atom. The lowest BCUT2D eigenvalue weighted by Crippen LogP contribution is -2.41. The van der Waals surface area contributed by atoms with Gasteiger partial charge in [-0.15, -0.1) is 0 Å². The molecule has 19 heavy (non-hydrogen) atoms. The quantitative estimate of drug-likeness (QED) is 0.821. The Labute approximate surface area is 123 Å². The Hall–Kier alpha value is -1.17. The van der Waals surface area contributed by atoms with Crippen LogP contribution in [0.15, 0.2) is 18.2 Å². The second-order valence-corrected chi connectivity index (χ2v) is 5.15. The van der Waals surface area contributed by atoms with Gasteiger partial charge in [0, 0.05) is 12.7 Å². The van der Waals surface area contributed by atoms with Crippen LogP contribution in [0.5, 0.6) is 0 Å². The third-order valence-corrected chi connectivity index (χ3v) is 3.67. The van der Waals surface area contributed by atoms with Crippen LogP contribution in [-0.2, 0) is 9.53 Å². The number of anilines is 1. The van der Waals surface area contributed by atoms with Gasteiger partial charge in [0.2, 0.25) is 0 Å². The van der Waals surface area contributed by atoms with E-state index in [1.165, 1.54) is 7.11 Å². The summed E-state index contributed by atoms with van der Waals surface area (Å²) in [5.41, 5.74) is 5.76. The van der Waals surface area contributed by atoms with Crippen molar-refractivity contribution < 1.29 is 9.53 Å². The van der Waals surface area contributed by atoms with Crippen LogP contribution in [0.4, 0.5) is 5.69 Å². The van der Waals surface area contributed by atoms with Crippen LogP contribution < -0.4 is 11.1 Å². The minimum absolute atomic E-state index is 0.247. The number of rotatable bonds is 5. The molecule has 1 aromatic carbocycles. The summed E-state index contributed by atoms with van der Waals surface area (Å²) in [5.74, 6) is -0.264. The topological polar surface area (TPSA) is 64.3 Å². The molecule has 4 nitrogen and oxygen atoms in total. The number of ether oxygens (including phenoxy) is 1. The molecule has 0 saturated heterocycles. The first-order valence-electron chi connectivity index (χ1n) is 5.80. The number of benzene rings is 1. The highest BCUT2D eigenvalue weighted by atomic mass is 35.5. The van der Waals surface area contributed by atoms with Crippen molar-refractivity contribution in [2.24, 2.45) is 5.73 Å². The fourth-order valence-corrected chi connectivity index (χ4v) is 1.72. The zero-order chi connectivity index (χ0) is 14.6. The molecule has 104 valence electrons. The number of amides is 1. The summed E-state index contributed by atoms with van der Waals surface area (Å²) in [6.45, 7) is 3.59. The summed E-state index contributed by atoms with van der Waals surface area (Å²) >= 11 is 10.9. The molecule has 1 amide bonds. The molecule has 3 N–H and O–H groups in total. The number of nitrogens with one attached hydrogen (secondary N) is 1. The van der Waals surface area contributed by atoms with Gasteiger partial charge in [0.05, 0.1) is 10.7 Å². The van der Waals surface area contributed by atoms with Gasteiger partial charge in [0.1, 0.15) is 10.6 Å². The lowest BCUT2D eigenvalue weighted by Gasteiger charge is -2.25. The molecule has 0 radical (unpaired) electrons. The van der Waals surface area contributed by atoms with Crippen LogP contribution in [0.25, 0.3) is 0 Å². The van der Waals surface area contributed by atoms with Crippen LogP contribution in [-0.4, -0.2) is 23.6 Å². The van der Waals surface area contributed by atoms with E-state index in [0.717, 1.165) is 0 Å². The van der Waals surface area contributed by atoms with Crippen molar-refractivity contribution in [2.75, 3.05) is 12.4 Å². The van der Waals surface area contributed by atoms with Gasteiger partial charge in [0.15, 0.2) is 0 Å². The first-order chi connectivity index (χ1) is 8.84. The molecule has 0 saturated carbocycles. The lowest BCUT2D eigenvalue weighted by atomic mass is 10.0. The van der Waals surface area contributed by atoms with Gasteiger partial charge in [-0.1, -0.05) is 36.8 Å². The van der Waals surface area contributed by atoms with Gasteiger partial charge in [-0.25, -0.2) is 0 Å². The zero-order valence-corrected chi connectivity index (χ0v) is 12.7. The van der Waals surface area contributed by atoms with Crippen LogP contribution in [0.2, 0.25) is 5.02 Å². The molecule has 1 rings (SSSR count). The van der Waals surface area contributed by atoms with Crippen LogP contribution in [0.3, 0.4) is 0 Å². The third kappa shape index (κ3) is 3.65. The maximum absolute atomic E-state index is 12.2. The number of methoxy groups -OCH3 is 1. The van der Waals surface area contributed by atoms with E-state index in [-0.39, 0.29) is 10.9 Å². The molecule has 1 unspecified atom stereocenters. The molecule has 0 spiro atoms. The third-order valence-electron chi connectivity index (χ3n) is 3.10. The van der Waals surface area contributed by atoms with Crippen molar-refractivity contribution >= 4 is 40.4 Å². The van der Waals surface area contributed by atoms with E-state index in [2.05, 4.69) is 5.32 Å². The summed E-state index contributed by atoms with van der Waals surface area (Å²) in [7, 11) is 1.50. The van der Waals surface area contributed by atoms with Gasteiger partial charge in [-0.2, -0.15) is 0 Å². The second-order valence-electron chi connectivity index (χ2n) is 4.30. The molecule has 0 heterocycles. The smallest absolute Gasteiger partial charge is 0.256 e. The van der Waals surface area contributed by atoms with E-state index in [9.17, 15) is 4.79 Å². The van der Waals surface area contributed by atoms with Crippen LogP contribution in [0.1, 0.15) is 25.8 Å². The Bertz CT molecular complexity index is 501. The molecule has 1 atom stereocenters. The minimum Gasteiger partial charge on any atom is -0.389 e.